The van der Waals surface area contributed by atoms with E-state index in [1.165, 1.54) is 0 Å². The summed E-state index contributed by atoms with van der Waals surface area (Å²) in [6, 6.07) is 7.77. The molecular weight excluding hydrogens is 314 g/mol. The van der Waals surface area contributed by atoms with Crippen molar-refractivity contribution in [3.8, 4) is 0 Å². The van der Waals surface area contributed by atoms with E-state index in [1.807, 2.05) is 24.3 Å². The molecule has 0 aliphatic heterocycles. The van der Waals surface area contributed by atoms with Crippen LogP contribution in [0.4, 0.5) is 0 Å². The molecule has 0 bridgehead atoms. The lowest BCUT2D eigenvalue weighted by Gasteiger charge is -2.21. The number of nitrogens with one attached hydrogen (secondary N) is 3. The molecule has 1 rings (SSSR count). The summed E-state index contributed by atoms with van der Waals surface area (Å²) in [5.41, 5.74) is 1.97. The molecule has 25 heavy (non-hydrogen) atoms. The van der Waals surface area contributed by atoms with E-state index in [0.29, 0.717) is 0 Å². The van der Waals surface area contributed by atoms with Crippen LogP contribution < -0.4 is 16.0 Å². The summed E-state index contributed by atoms with van der Waals surface area (Å²) in [5.74, 6) is 0.815. The normalized spacial score (nSPS) is 12.0. The van der Waals surface area contributed by atoms with Crippen LogP contribution in [0.5, 0.6) is 0 Å². The zero-order valence-electron chi connectivity index (χ0n) is 16.4. The first kappa shape index (κ1) is 21.0. The Morgan fingerprint density at radius 2 is 1.80 bits per heavy atom. The third kappa shape index (κ3) is 8.54. The van der Waals surface area contributed by atoms with Gasteiger partial charge >= 0.3 is 0 Å². The Hall–Kier alpha value is -2.08. The number of hydrogen-bond acceptors (Lipinski definition) is 3. The second kappa shape index (κ2) is 10.0. The number of amides is 1. The first-order valence-electron chi connectivity index (χ1n) is 8.73. The third-order valence-corrected chi connectivity index (χ3v) is 3.58. The van der Waals surface area contributed by atoms with Gasteiger partial charge in [-0.05, 0) is 44.9 Å². The average Bonchev–Trinajstić information content (AvgIpc) is 2.55. The quantitative estimate of drug-likeness (QED) is 0.397. The van der Waals surface area contributed by atoms with E-state index in [-0.39, 0.29) is 11.4 Å². The van der Waals surface area contributed by atoms with Gasteiger partial charge in [0.05, 0.1) is 0 Å². The highest BCUT2D eigenvalue weighted by Gasteiger charge is 2.09. The summed E-state index contributed by atoms with van der Waals surface area (Å²) < 4.78 is 0. The number of aliphatic imine (C=N–C) groups is 1. The second-order valence-electron chi connectivity index (χ2n) is 7.25. The lowest BCUT2D eigenvalue weighted by atomic mass is 10.1. The summed E-state index contributed by atoms with van der Waals surface area (Å²) in [5, 5.41) is 10.0. The molecule has 0 aliphatic rings. The smallest absolute Gasteiger partial charge is 0.253 e. The number of carbonyl (C=O) groups excluding carboxylic acids is 1. The van der Waals surface area contributed by atoms with Crippen LogP contribution in [0.3, 0.4) is 0 Å². The van der Waals surface area contributed by atoms with E-state index < -0.39 is 0 Å². The molecule has 6 heteroatoms. The molecule has 0 fully saturated rings. The minimum Gasteiger partial charge on any atom is -0.356 e. The van der Waals surface area contributed by atoms with Gasteiger partial charge in [0.15, 0.2) is 5.96 Å². The zero-order chi connectivity index (χ0) is 18.9. The monoisotopic (exact) mass is 347 g/mol. The fourth-order valence-electron chi connectivity index (χ4n) is 2.28. The van der Waals surface area contributed by atoms with E-state index in [2.05, 4.69) is 41.7 Å². The van der Waals surface area contributed by atoms with E-state index in [1.54, 1.807) is 26.0 Å². The first-order chi connectivity index (χ1) is 11.7. The lowest BCUT2D eigenvalue weighted by molar-refractivity contribution is 0.0827. The van der Waals surface area contributed by atoms with Gasteiger partial charge in [-0.3, -0.25) is 9.79 Å². The number of nitrogens with zero attached hydrogens (tertiary/aromatic N) is 2. The largest absolute Gasteiger partial charge is 0.356 e. The van der Waals surface area contributed by atoms with Crippen LogP contribution in [0.2, 0.25) is 0 Å². The van der Waals surface area contributed by atoms with E-state index in [9.17, 15) is 4.79 Å². The fraction of sp³-hybridized carbons (Fsp3) is 0.579. The molecule has 0 saturated heterocycles. The van der Waals surface area contributed by atoms with Gasteiger partial charge < -0.3 is 20.9 Å². The molecule has 0 spiro atoms. The maximum Gasteiger partial charge on any atom is 0.253 e. The van der Waals surface area contributed by atoms with Crippen molar-refractivity contribution in [2.75, 3.05) is 40.8 Å². The van der Waals surface area contributed by atoms with Gasteiger partial charge in [-0.2, -0.15) is 0 Å². The topological polar surface area (TPSA) is 68.8 Å². The van der Waals surface area contributed by atoms with Crippen molar-refractivity contribution in [3.63, 3.8) is 0 Å². The summed E-state index contributed by atoms with van der Waals surface area (Å²) in [4.78, 5) is 17.8. The van der Waals surface area contributed by atoms with Gasteiger partial charge in [-0.1, -0.05) is 12.1 Å². The van der Waals surface area contributed by atoms with Crippen LogP contribution in [0.15, 0.2) is 29.3 Å². The Labute approximate surface area is 152 Å². The van der Waals surface area contributed by atoms with Gasteiger partial charge in [0.25, 0.3) is 5.91 Å². The minimum atomic E-state index is 0.0265. The highest BCUT2D eigenvalue weighted by Crippen LogP contribution is 2.07. The molecule has 0 heterocycles. The van der Waals surface area contributed by atoms with Gasteiger partial charge in [0.2, 0.25) is 0 Å². The van der Waals surface area contributed by atoms with E-state index >= 15 is 0 Å². The SMILES string of the molecule is CN=C(NCCNC(C)(C)C)NCCc1cccc(C(=O)N(C)C)c1. The minimum absolute atomic E-state index is 0.0265. The van der Waals surface area contributed by atoms with Crippen LogP contribution in [0, 0.1) is 0 Å². The van der Waals surface area contributed by atoms with Crippen molar-refractivity contribution in [3.05, 3.63) is 35.4 Å². The molecule has 6 nitrogen and oxygen atoms in total. The van der Waals surface area contributed by atoms with E-state index in [4.69, 9.17) is 0 Å². The Kier molecular flexibility index (Phi) is 8.41. The van der Waals surface area contributed by atoms with Crippen LogP contribution in [-0.4, -0.2) is 63.1 Å². The summed E-state index contributed by atoms with van der Waals surface area (Å²) >= 11 is 0. The maximum absolute atomic E-state index is 12.0. The molecule has 0 radical (unpaired) electrons. The molecule has 1 amide bonds. The molecule has 1 aromatic carbocycles. The number of rotatable bonds is 7. The highest BCUT2D eigenvalue weighted by atomic mass is 16.2. The average molecular weight is 348 g/mol. The van der Waals surface area contributed by atoms with Crippen molar-refractivity contribution >= 4 is 11.9 Å². The Bertz CT molecular complexity index is 575. The van der Waals surface area contributed by atoms with Gasteiger partial charge in [-0.25, -0.2) is 0 Å². The van der Waals surface area contributed by atoms with Crippen molar-refractivity contribution < 1.29 is 4.79 Å². The predicted molar refractivity (Wildman–Crippen MR) is 105 cm³/mol. The van der Waals surface area contributed by atoms with Crippen LogP contribution in [0.25, 0.3) is 0 Å². The number of benzene rings is 1. The Morgan fingerprint density at radius 3 is 2.40 bits per heavy atom. The molecule has 0 aliphatic carbocycles. The predicted octanol–water partition coefficient (Wildman–Crippen LogP) is 1.48. The maximum atomic E-state index is 12.0. The highest BCUT2D eigenvalue weighted by molar-refractivity contribution is 5.94. The summed E-state index contributed by atoms with van der Waals surface area (Å²) in [6.07, 6.45) is 0.829. The van der Waals surface area contributed by atoms with Crippen LogP contribution in [0.1, 0.15) is 36.7 Å². The van der Waals surface area contributed by atoms with Crippen molar-refractivity contribution in [1.29, 1.82) is 0 Å². The Morgan fingerprint density at radius 1 is 1.12 bits per heavy atom. The molecule has 0 atom stereocenters. The van der Waals surface area contributed by atoms with Gasteiger partial charge in [0, 0.05) is 51.9 Å². The molecule has 1 aromatic rings. The van der Waals surface area contributed by atoms with Gasteiger partial charge in [0.1, 0.15) is 0 Å². The lowest BCUT2D eigenvalue weighted by Crippen LogP contribution is -2.44. The molecule has 0 unspecified atom stereocenters. The number of guanidine groups is 1. The van der Waals surface area contributed by atoms with Gasteiger partial charge in [-0.15, -0.1) is 0 Å². The summed E-state index contributed by atoms with van der Waals surface area (Å²) in [7, 11) is 5.30. The molecular formula is C19H33N5O. The summed E-state index contributed by atoms with van der Waals surface area (Å²) in [6.45, 7) is 8.88. The van der Waals surface area contributed by atoms with Crippen molar-refractivity contribution in [2.24, 2.45) is 4.99 Å². The zero-order valence-corrected chi connectivity index (χ0v) is 16.4. The molecule has 0 saturated carbocycles. The van der Waals surface area contributed by atoms with Crippen molar-refractivity contribution in [2.45, 2.75) is 32.7 Å². The fourth-order valence-corrected chi connectivity index (χ4v) is 2.28. The Balaban J connectivity index is 2.40. The second-order valence-corrected chi connectivity index (χ2v) is 7.25. The molecule has 0 aromatic heterocycles. The number of hydrogen-bond donors (Lipinski definition) is 3. The standard InChI is InChI=1S/C19H33N5O/c1-19(2,3)23-13-12-22-18(20-4)21-11-10-15-8-7-9-16(14-15)17(25)24(5)6/h7-9,14,23H,10-13H2,1-6H3,(H2,20,21,22). The molecule has 140 valence electrons. The van der Waals surface area contributed by atoms with Crippen LogP contribution in [-0.2, 0) is 6.42 Å². The number of carbonyl (C=O) groups is 1. The third-order valence-electron chi connectivity index (χ3n) is 3.58. The van der Waals surface area contributed by atoms with Crippen molar-refractivity contribution in [1.82, 2.24) is 20.9 Å². The van der Waals surface area contributed by atoms with Crippen LogP contribution >= 0.6 is 0 Å². The molecule has 3 N–H and O–H groups in total. The van der Waals surface area contributed by atoms with E-state index in [0.717, 1.165) is 43.1 Å². The first-order valence-corrected chi connectivity index (χ1v) is 8.73.